The Hall–Kier alpha value is -3.45. The van der Waals surface area contributed by atoms with Gasteiger partial charge in [0.05, 0.1) is 0 Å². The lowest BCUT2D eigenvalue weighted by Crippen LogP contribution is -2.71. The molecular weight excluding hydrogens is 504 g/mol. The quantitative estimate of drug-likeness (QED) is 0.205. The Morgan fingerprint density at radius 3 is 2.92 bits per heavy atom. The van der Waals surface area contributed by atoms with Gasteiger partial charge >= 0.3 is 5.97 Å². The number of amides is 2. The van der Waals surface area contributed by atoms with E-state index >= 15 is 0 Å². The highest BCUT2D eigenvalue weighted by Gasteiger charge is 2.55. The van der Waals surface area contributed by atoms with Gasteiger partial charge < -0.3 is 21.0 Å². The number of aromatic nitrogens is 2. The number of thioether (sulfide) groups is 1. The summed E-state index contributed by atoms with van der Waals surface area (Å²) in [6.07, 6.45) is 6.20. The van der Waals surface area contributed by atoms with E-state index in [2.05, 4.69) is 26.1 Å². The van der Waals surface area contributed by atoms with Crippen LogP contribution in [-0.2, 0) is 38.6 Å². The molecule has 4 N–H and O–H groups in total. The first kappa shape index (κ1) is 24.3. The van der Waals surface area contributed by atoms with E-state index in [9.17, 15) is 19.5 Å². The van der Waals surface area contributed by atoms with Crippen molar-refractivity contribution in [3.05, 3.63) is 51.9 Å². The number of nitrogens with two attached hydrogens (primary N) is 1. The van der Waals surface area contributed by atoms with Crippen molar-refractivity contribution in [2.24, 2.45) is 5.16 Å². The standard InChI is InChI=1S/C23H24N6O5S2/c1-34-27-16(14-11-36-23(24)25-14)19(30)26-17-20(31)29-18(22(32)33)13(10-35-21(17)29)9-28-8-4-6-12-5-2-3-7-15(12)28/h4,6,8,11,17,21H,2-3,5,7,9-10H2,1H3,(H3-,24,25,26,30,32,33)/p+1/t17?,21-/m1/s1. The number of pyridine rings is 1. The van der Waals surface area contributed by atoms with Gasteiger partial charge in [-0.1, -0.05) is 5.16 Å². The summed E-state index contributed by atoms with van der Waals surface area (Å²) in [4.78, 5) is 48.4. The van der Waals surface area contributed by atoms with Crippen molar-refractivity contribution in [1.29, 1.82) is 0 Å². The molecule has 2 atom stereocenters. The Morgan fingerprint density at radius 1 is 1.39 bits per heavy atom. The highest BCUT2D eigenvalue weighted by Crippen LogP contribution is 2.40. The van der Waals surface area contributed by atoms with Crippen LogP contribution in [0.3, 0.4) is 0 Å². The van der Waals surface area contributed by atoms with Crippen LogP contribution in [0.2, 0.25) is 0 Å². The Labute approximate surface area is 215 Å². The summed E-state index contributed by atoms with van der Waals surface area (Å²) in [5.74, 6) is -1.86. The lowest BCUT2D eigenvalue weighted by Gasteiger charge is -2.49. The third-order valence-corrected chi connectivity index (χ3v) is 8.46. The van der Waals surface area contributed by atoms with Crippen LogP contribution in [0.25, 0.3) is 0 Å². The monoisotopic (exact) mass is 529 g/mol. The summed E-state index contributed by atoms with van der Waals surface area (Å²) < 4.78 is 2.10. The molecule has 0 saturated carbocycles. The average molecular weight is 530 g/mol. The fourth-order valence-electron chi connectivity index (χ4n) is 4.83. The van der Waals surface area contributed by atoms with Crippen LogP contribution in [0.1, 0.15) is 29.8 Å². The summed E-state index contributed by atoms with van der Waals surface area (Å²) in [5, 5.41) is 17.7. The molecule has 0 bridgehead atoms. The molecule has 36 heavy (non-hydrogen) atoms. The summed E-state index contributed by atoms with van der Waals surface area (Å²) in [5.41, 5.74) is 8.96. The molecule has 2 aromatic rings. The second-order valence-electron chi connectivity index (χ2n) is 8.63. The molecule has 0 spiro atoms. The van der Waals surface area contributed by atoms with Crippen LogP contribution < -0.4 is 15.6 Å². The minimum absolute atomic E-state index is 0.00628. The number of carboxylic acid groups (broad SMARTS) is 1. The van der Waals surface area contributed by atoms with Gasteiger partial charge in [0, 0.05) is 34.8 Å². The van der Waals surface area contributed by atoms with Gasteiger partial charge in [0.15, 0.2) is 29.3 Å². The van der Waals surface area contributed by atoms with Gasteiger partial charge in [-0.25, -0.2) is 9.78 Å². The molecule has 2 amide bonds. The second kappa shape index (κ2) is 9.90. The van der Waals surface area contributed by atoms with Gasteiger partial charge in [0.1, 0.15) is 29.9 Å². The minimum atomic E-state index is -1.15. The van der Waals surface area contributed by atoms with E-state index in [1.807, 2.05) is 12.3 Å². The zero-order chi connectivity index (χ0) is 25.4. The maximum atomic E-state index is 13.1. The fraction of sp³-hybridized carbons (Fsp3) is 0.391. The number of carboxylic acids is 1. The predicted molar refractivity (Wildman–Crippen MR) is 133 cm³/mol. The van der Waals surface area contributed by atoms with Crippen LogP contribution >= 0.6 is 23.1 Å². The van der Waals surface area contributed by atoms with Gasteiger partial charge in [-0.05, 0) is 25.3 Å². The second-order valence-corrected chi connectivity index (χ2v) is 10.6. The van der Waals surface area contributed by atoms with Gasteiger partial charge in [0.25, 0.3) is 11.8 Å². The van der Waals surface area contributed by atoms with Crippen LogP contribution in [-0.4, -0.2) is 62.8 Å². The molecule has 1 unspecified atom stereocenters. The molecule has 188 valence electrons. The van der Waals surface area contributed by atoms with Gasteiger partial charge in [0.2, 0.25) is 0 Å². The topological polar surface area (TPSA) is 151 Å². The van der Waals surface area contributed by atoms with E-state index < -0.39 is 29.2 Å². The fourth-order valence-corrected chi connectivity index (χ4v) is 6.72. The SMILES string of the molecule is CON=C(C(=O)NC1C(=O)N2C(C(=O)O)=C(C[n+]3cccc4c3CCCC4)CS[C@H]12)c1csc(N)n1. The number of thiazole rings is 1. The number of aliphatic carboxylic acids is 1. The zero-order valence-electron chi connectivity index (χ0n) is 19.5. The number of fused-ring (bicyclic) bond motifs is 2. The Morgan fingerprint density at radius 2 is 2.19 bits per heavy atom. The Bertz CT molecular complexity index is 1310. The van der Waals surface area contributed by atoms with Crippen molar-refractivity contribution >= 4 is 51.7 Å². The van der Waals surface area contributed by atoms with Crippen LogP contribution in [0.5, 0.6) is 0 Å². The number of nitrogen functional groups attached to an aromatic ring is 1. The largest absolute Gasteiger partial charge is 0.477 e. The molecule has 1 fully saturated rings. The number of carbonyl (C=O) groups excluding carboxylic acids is 2. The molecular formula is C23H25N6O5S2+. The van der Waals surface area contributed by atoms with E-state index in [1.165, 1.54) is 35.0 Å². The number of β-lactam (4-membered cyclic amide) rings is 1. The number of rotatable bonds is 7. The highest BCUT2D eigenvalue weighted by atomic mass is 32.2. The maximum absolute atomic E-state index is 13.1. The van der Waals surface area contributed by atoms with E-state index in [-0.39, 0.29) is 22.2 Å². The van der Waals surface area contributed by atoms with Crippen LogP contribution in [0.15, 0.2) is 40.1 Å². The predicted octanol–water partition coefficient (Wildman–Crippen LogP) is 0.681. The highest BCUT2D eigenvalue weighted by molar-refractivity contribution is 8.00. The number of oxime groups is 1. The Kier molecular flexibility index (Phi) is 6.67. The number of hydrogen-bond acceptors (Lipinski definition) is 9. The van der Waals surface area contributed by atoms with Crippen LogP contribution in [0, 0.1) is 0 Å². The molecule has 13 heteroatoms. The van der Waals surface area contributed by atoms with Crippen molar-refractivity contribution in [2.45, 2.75) is 43.6 Å². The van der Waals surface area contributed by atoms with Crippen molar-refractivity contribution in [2.75, 3.05) is 18.6 Å². The number of hydrogen-bond donors (Lipinski definition) is 3. The molecule has 11 nitrogen and oxygen atoms in total. The number of nitrogens with zero attached hydrogens (tertiary/aromatic N) is 4. The normalized spacial score (nSPS) is 21.4. The summed E-state index contributed by atoms with van der Waals surface area (Å²) in [6, 6.07) is 3.21. The molecule has 1 aliphatic carbocycles. The number of carbonyl (C=O) groups is 3. The molecule has 3 aliphatic rings. The van der Waals surface area contributed by atoms with E-state index in [0.29, 0.717) is 17.9 Å². The van der Waals surface area contributed by atoms with Crippen molar-refractivity contribution < 1.29 is 28.9 Å². The molecule has 2 aliphatic heterocycles. The van der Waals surface area contributed by atoms with Crippen LogP contribution in [0.4, 0.5) is 5.13 Å². The summed E-state index contributed by atoms with van der Waals surface area (Å²) in [7, 11) is 1.30. The molecule has 0 radical (unpaired) electrons. The van der Waals surface area contributed by atoms with Crippen molar-refractivity contribution in [3.8, 4) is 0 Å². The lowest BCUT2D eigenvalue weighted by atomic mass is 9.95. The van der Waals surface area contributed by atoms with E-state index in [1.54, 1.807) is 5.38 Å². The first-order chi connectivity index (χ1) is 17.4. The Balaban J connectivity index is 1.36. The summed E-state index contributed by atoms with van der Waals surface area (Å²) >= 11 is 2.57. The third-order valence-electron chi connectivity index (χ3n) is 6.45. The third kappa shape index (κ3) is 4.32. The molecule has 5 rings (SSSR count). The summed E-state index contributed by atoms with van der Waals surface area (Å²) in [6.45, 7) is 0.404. The van der Waals surface area contributed by atoms with Gasteiger partial charge in [-0.2, -0.15) is 4.57 Å². The van der Waals surface area contributed by atoms with E-state index in [0.717, 1.165) is 37.0 Å². The average Bonchev–Trinajstić information content (AvgIpc) is 3.31. The first-order valence-electron chi connectivity index (χ1n) is 11.4. The van der Waals surface area contributed by atoms with Gasteiger partial charge in [-0.3, -0.25) is 14.5 Å². The zero-order valence-corrected chi connectivity index (χ0v) is 21.1. The minimum Gasteiger partial charge on any atom is -0.477 e. The maximum Gasteiger partial charge on any atom is 0.352 e. The smallest absolute Gasteiger partial charge is 0.352 e. The number of aryl methyl sites for hydroxylation is 1. The molecule has 4 heterocycles. The van der Waals surface area contributed by atoms with Crippen molar-refractivity contribution in [1.82, 2.24) is 15.2 Å². The first-order valence-corrected chi connectivity index (χ1v) is 13.4. The van der Waals surface area contributed by atoms with Crippen molar-refractivity contribution in [3.63, 3.8) is 0 Å². The van der Waals surface area contributed by atoms with E-state index in [4.69, 9.17) is 10.6 Å². The molecule has 2 aromatic heterocycles. The lowest BCUT2D eigenvalue weighted by molar-refractivity contribution is -0.697. The van der Waals surface area contributed by atoms with Gasteiger partial charge in [-0.15, -0.1) is 23.1 Å². The number of nitrogens with one attached hydrogen (secondary N) is 1. The molecule has 0 aromatic carbocycles. The molecule has 1 saturated heterocycles. The number of anilines is 1.